The summed E-state index contributed by atoms with van der Waals surface area (Å²) in [6.45, 7) is 4.74. The second-order valence-corrected chi connectivity index (χ2v) is 6.96. The monoisotopic (exact) mass is 306 g/mol. The molecule has 124 valence electrons. The van der Waals surface area contributed by atoms with Crippen LogP contribution in [-0.4, -0.2) is 36.2 Å². The lowest BCUT2D eigenvalue weighted by Crippen LogP contribution is -2.58. The van der Waals surface area contributed by atoms with Crippen LogP contribution in [0.2, 0.25) is 0 Å². The number of hydrogen-bond donors (Lipinski definition) is 1. The Hall–Kier alpha value is -0.290. The fraction of sp³-hybridized carbons (Fsp3) is 1.00. The minimum atomic E-state index is -4.03. The van der Waals surface area contributed by atoms with Crippen molar-refractivity contribution in [2.24, 2.45) is 17.6 Å². The number of nitrogens with zero attached hydrogens (tertiary/aromatic N) is 1. The van der Waals surface area contributed by atoms with Gasteiger partial charge in [-0.3, -0.25) is 4.90 Å². The van der Waals surface area contributed by atoms with Gasteiger partial charge in [-0.05, 0) is 57.5 Å². The van der Waals surface area contributed by atoms with Gasteiger partial charge in [0.05, 0.1) is 5.92 Å². The average Bonchev–Trinajstić information content (AvgIpc) is 2.47. The second kappa shape index (κ2) is 6.86. The lowest BCUT2D eigenvalue weighted by molar-refractivity contribution is -0.188. The predicted molar refractivity (Wildman–Crippen MR) is 79.0 cm³/mol. The van der Waals surface area contributed by atoms with Gasteiger partial charge >= 0.3 is 6.18 Å². The van der Waals surface area contributed by atoms with Crippen molar-refractivity contribution in [2.45, 2.75) is 70.0 Å². The number of hydrogen-bond acceptors (Lipinski definition) is 2. The molecule has 0 bridgehead atoms. The number of likely N-dealkylation sites (tertiary alicyclic amines) is 1. The molecule has 2 fully saturated rings. The van der Waals surface area contributed by atoms with Crippen molar-refractivity contribution in [3.63, 3.8) is 0 Å². The molecule has 2 rings (SSSR count). The SMILES string of the molecule is CCCC1CCN(C2(CN)CCC(C(F)(F)F)CC2)CC1. The lowest BCUT2D eigenvalue weighted by Gasteiger charge is -2.50. The van der Waals surface area contributed by atoms with Crippen LogP contribution in [0.15, 0.2) is 0 Å². The first-order chi connectivity index (χ1) is 9.91. The molecule has 2 nitrogen and oxygen atoms in total. The summed E-state index contributed by atoms with van der Waals surface area (Å²) in [6.07, 6.45) is 2.52. The van der Waals surface area contributed by atoms with Crippen molar-refractivity contribution in [3.05, 3.63) is 0 Å². The van der Waals surface area contributed by atoms with Gasteiger partial charge < -0.3 is 5.73 Å². The fourth-order valence-corrected chi connectivity index (χ4v) is 4.24. The molecule has 0 atom stereocenters. The molecular formula is C16H29F3N2. The molecular weight excluding hydrogens is 277 g/mol. The Balaban J connectivity index is 1.92. The Morgan fingerprint density at radius 1 is 1.10 bits per heavy atom. The minimum Gasteiger partial charge on any atom is -0.329 e. The average molecular weight is 306 g/mol. The smallest absolute Gasteiger partial charge is 0.329 e. The third-order valence-electron chi connectivity index (χ3n) is 5.74. The number of halogens is 3. The summed E-state index contributed by atoms with van der Waals surface area (Å²) in [6, 6.07) is 0. The third kappa shape index (κ3) is 3.92. The standard InChI is InChI=1S/C16H29F3N2/c1-2-3-13-6-10-21(11-7-13)15(12-20)8-4-14(5-9-15)16(17,18)19/h13-14H,2-12,20H2,1H3. The van der Waals surface area contributed by atoms with Crippen molar-refractivity contribution in [1.29, 1.82) is 0 Å². The van der Waals surface area contributed by atoms with Crippen molar-refractivity contribution in [1.82, 2.24) is 4.90 Å². The fourth-order valence-electron chi connectivity index (χ4n) is 4.24. The molecule has 1 aliphatic heterocycles. The van der Waals surface area contributed by atoms with E-state index in [1.54, 1.807) is 0 Å². The van der Waals surface area contributed by atoms with Gasteiger partial charge in [0.2, 0.25) is 0 Å². The summed E-state index contributed by atoms with van der Waals surface area (Å²) in [4.78, 5) is 2.41. The molecule has 0 spiro atoms. The highest BCUT2D eigenvalue weighted by Crippen LogP contribution is 2.44. The first-order valence-electron chi connectivity index (χ1n) is 8.43. The van der Waals surface area contributed by atoms with Gasteiger partial charge in [0, 0.05) is 12.1 Å². The van der Waals surface area contributed by atoms with Crippen molar-refractivity contribution < 1.29 is 13.2 Å². The Labute approximate surface area is 126 Å². The number of rotatable bonds is 4. The topological polar surface area (TPSA) is 29.3 Å². The van der Waals surface area contributed by atoms with Crippen molar-refractivity contribution in [3.8, 4) is 0 Å². The Morgan fingerprint density at radius 3 is 2.10 bits per heavy atom. The Morgan fingerprint density at radius 2 is 1.67 bits per heavy atom. The zero-order chi connectivity index (χ0) is 15.5. The summed E-state index contributed by atoms with van der Waals surface area (Å²) >= 11 is 0. The highest BCUT2D eigenvalue weighted by atomic mass is 19.4. The van der Waals surface area contributed by atoms with Crippen LogP contribution in [-0.2, 0) is 0 Å². The van der Waals surface area contributed by atoms with E-state index in [1.807, 2.05) is 0 Å². The van der Waals surface area contributed by atoms with Gasteiger partial charge in [0.15, 0.2) is 0 Å². The van der Waals surface area contributed by atoms with Crippen molar-refractivity contribution in [2.75, 3.05) is 19.6 Å². The van der Waals surface area contributed by atoms with E-state index < -0.39 is 12.1 Å². The summed E-state index contributed by atoms with van der Waals surface area (Å²) in [5.41, 5.74) is 5.83. The molecule has 0 amide bonds. The summed E-state index contributed by atoms with van der Waals surface area (Å²) in [5, 5.41) is 0. The predicted octanol–water partition coefficient (Wildman–Crippen LogP) is 3.95. The lowest BCUT2D eigenvalue weighted by atomic mass is 9.74. The van der Waals surface area contributed by atoms with E-state index in [-0.39, 0.29) is 18.4 Å². The van der Waals surface area contributed by atoms with E-state index in [4.69, 9.17) is 5.73 Å². The zero-order valence-corrected chi connectivity index (χ0v) is 13.1. The third-order valence-corrected chi connectivity index (χ3v) is 5.74. The maximum absolute atomic E-state index is 12.8. The molecule has 0 aromatic carbocycles. The number of piperidine rings is 1. The summed E-state index contributed by atoms with van der Waals surface area (Å²) < 4.78 is 38.5. The molecule has 2 N–H and O–H groups in total. The molecule has 0 aromatic heterocycles. The number of nitrogens with two attached hydrogens (primary N) is 1. The maximum Gasteiger partial charge on any atom is 0.391 e. The van der Waals surface area contributed by atoms with Gasteiger partial charge in [-0.2, -0.15) is 13.2 Å². The molecule has 1 aliphatic carbocycles. The maximum atomic E-state index is 12.8. The molecule has 21 heavy (non-hydrogen) atoms. The van der Waals surface area contributed by atoms with Crippen LogP contribution in [0.3, 0.4) is 0 Å². The van der Waals surface area contributed by atoms with Crippen LogP contribution < -0.4 is 5.73 Å². The van der Waals surface area contributed by atoms with Crippen LogP contribution >= 0.6 is 0 Å². The largest absolute Gasteiger partial charge is 0.391 e. The molecule has 5 heteroatoms. The van der Waals surface area contributed by atoms with E-state index in [9.17, 15) is 13.2 Å². The van der Waals surface area contributed by atoms with Gasteiger partial charge in [0.25, 0.3) is 0 Å². The molecule has 2 aliphatic rings. The molecule has 0 radical (unpaired) electrons. The van der Waals surface area contributed by atoms with Crippen LogP contribution in [0.4, 0.5) is 13.2 Å². The first-order valence-corrected chi connectivity index (χ1v) is 8.43. The van der Waals surface area contributed by atoms with Crippen LogP contribution in [0.5, 0.6) is 0 Å². The van der Waals surface area contributed by atoms with E-state index in [0.717, 1.165) is 19.0 Å². The Bertz CT molecular complexity index is 314. The molecule has 1 heterocycles. The van der Waals surface area contributed by atoms with Gasteiger partial charge in [0.1, 0.15) is 0 Å². The molecule has 0 unspecified atom stereocenters. The Kier molecular flexibility index (Phi) is 5.58. The van der Waals surface area contributed by atoms with Gasteiger partial charge in [-0.1, -0.05) is 19.8 Å². The van der Waals surface area contributed by atoms with E-state index >= 15 is 0 Å². The van der Waals surface area contributed by atoms with E-state index in [1.165, 1.54) is 25.7 Å². The van der Waals surface area contributed by atoms with Gasteiger partial charge in [-0.15, -0.1) is 0 Å². The summed E-state index contributed by atoms with van der Waals surface area (Å²) in [7, 11) is 0. The molecule has 1 saturated heterocycles. The van der Waals surface area contributed by atoms with Crippen LogP contribution in [0, 0.1) is 11.8 Å². The van der Waals surface area contributed by atoms with Gasteiger partial charge in [-0.25, -0.2) is 0 Å². The van der Waals surface area contributed by atoms with Crippen LogP contribution in [0.25, 0.3) is 0 Å². The summed E-state index contributed by atoms with van der Waals surface area (Å²) in [5.74, 6) is -0.317. The zero-order valence-electron chi connectivity index (χ0n) is 13.1. The highest BCUT2D eigenvalue weighted by molar-refractivity contribution is 4.98. The minimum absolute atomic E-state index is 0.168. The molecule has 0 aromatic rings. The number of alkyl halides is 3. The normalized spacial score (nSPS) is 33.3. The van der Waals surface area contributed by atoms with Crippen molar-refractivity contribution >= 4 is 0 Å². The first kappa shape index (κ1) is 17.1. The van der Waals surface area contributed by atoms with Crippen LogP contribution in [0.1, 0.15) is 58.3 Å². The van der Waals surface area contributed by atoms with E-state index in [2.05, 4.69) is 11.8 Å². The molecule has 1 saturated carbocycles. The second-order valence-electron chi connectivity index (χ2n) is 6.96. The van der Waals surface area contributed by atoms with E-state index in [0.29, 0.717) is 19.4 Å². The quantitative estimate of drug-likeness (QED) is 0.852. The highest BCUT2D eigenvalue weighted by Gasteiger charge is 2.47.